The molecular weight excluding hydrogens is 346 g/mol. The number of aliphatic hydroxyl groups excluding tert-OH is 3. The molecule has 0 aromatic carbocycles. The quantitative estimate of drug-likeness (QED) is 0.405. The van der Waals surface area contributed by atoms with Crippen LogP contribution in [0.3, 0.4) is 0 Å². The maximum Gasteiger partial charge on any atom is 0.251 e. The summed E-state index contributed by atoms with van der Waals surface area (Å²) in [4.78, 5) is 19.7. The second-order valence-corrected chi connectivity index (χ2v) is 5.30. The number of anilines is 1. The van der Waals surface area contributed by atoms with E-state index < -0.39 is 37.1 Å². The van der Waals surface area contributed by atoms with Crippen LogP contribution in [0.15, 0.2) is 12.5 Å². The molecule has 6 N–H and O–H groups in total. The minimum atomic E-state index is -1.35. The normalized spacial score (nSPS) is 26.8. The molecule has 2 aromatic rings. The summed E-state index contributed by atoms with van der Waals surface area (Å²) in [5, 5.41) is 29.4. The van der Waals surface area contributed by atoms with Gasteiger partial charge in [0.1, 0.15) is 30.3 Å². The van der Waals surface area contributed by atoms with Crippen LogP contribution in [0.2, 0.25) is 0 Å². The minimum Gasteiger partial charge on any atom is -0.394 e. The van der Waals surface area contributed by atoms with Gasteiger partial charge < -0.3 is 30.4 Å². The first kappa shape index (κ1) is 16.8. The average molecular weight is 360 g/mol. The summed E-state index contributed by atoms with van der Waals surface area (Å²) in [5.41, 5.74) is 7.87. The van der Waals surface area contributed by atoms with Crippen LogP contribution in [-0.4, -0.2) is 60.7 Å². The predicted octanol–water partition coefficient (Wildman–Crippen LogP) is -1.36. The zero-order valence-electron chi connectivity index (χ0n) is 12.0. The van der Waals surface area contributed by atoms with Crippen molar-refractivity contribution in [2.45, 2.75) is 24.5 Å². The molecule has 2 aromatic heterocycles. The van der Waals surface area contributed by atoms with Gasteiger partial charge in [0.25, 0.3) is 5.91 Å². The van der Waals surface area contributed by atoms with Crippen LogP contribution in [0.1, 0.15) is 16.6 Å². The number of amides is 1. The van der Waals surface area contributed by atoms with E-state index in [-0.39, 0.29) is 22.4 Å². The molecule has 130 valence electrons. The lowest BCUT2D eigenvalue weighted by molar-refractivity contribution is -0.0508. The highest BCUT2D eigenvalue weighted by Gasteiger charge is 2.44. The molecule has 1 amide bonds. The number of nitrogens with one attached hydrogen (secondary N) is 1. The molecule has 0 radical (unpaired) electrons. The lowest BCUT2D eigenvalue weighted by atomic mass is 10.1. The zero-order valence-corrected chi connectivity index (χ0v) is 12.8. The second kappa shape index (κ2) is 6.47. The van der Waals surface area contributed by atoms with Crippen molar-refractivity contribution in [3.8, 4) is 0 Å². The first-order valence-electron chi connectivity index (χ1n) is 6.81. The Bertz CT molecular complexity index is 770. The van der Waals surface area contributed by atoms with Gasteiger partial charge in [-0.15, -0.1) is 0 Å². The van der Waals surface area contributed by atoms with Crippen LogP contribution in [0.5, 0.6) is 0 Å². The maximum absolute atomic E-state index is 11.7. The fourth-order valence-corrected chi connectivity index (χ4v) is 2.76. The molecule has 1 aliphatic heterocycles. The predicted molar refractivity (Wildman–Crippen MR) is 79.6 cm³/mol. The van der Waals surface area contributed by atoms with Gasteiger partial charge in [-0.25, -0.2) is 15.4 Å². The molecule has 12 heteroatoms. The smallest absolute Gasteiger partial charge is 0.251 e. The fraction of sp³-hybridized carbons (Fsp3) is 0.417. The average Bonchev–Trinajstić information content (AvgIpc) is 3.08. The Morgan fingerprint density at radius 1 is 1.46 bits per heavy atom. The molecule has 1 saturated heterocycles. The van der Waals surface area contributed by atoms with Crippen LogP contribution in [0, 0.1) is 0 Å². The van der Waals surface area contributed by atoms with E-state index in [9.17, 15) is 20.1 Å². The molecule has 24 heavy (non-hydrogen) atoms. The van der Waals surface area contributed by atoms with Gasteiger partial charge in [0, 0.05) is 6.20 Å². The topological polar surface area (TPSA) is 165 Å². The fourth-order valence-electron chi connectivity index (χ4n) is 2.69. The van der Waals surface area contributed by atoms with Gasteiger partial charge in [-0.3, -0.25) is 4.79 Å². The standard InChI is InChI=1S/C12H14ClN5O6/c13-24-17-10-6-4(9(14)22)1-18(11(6)16-3-15-10)12-8(21)7(20)5(2-19)23-12/h1,3,5,7-8,12,19-21H,2H2,(H2,14,22)(H,15,16,17)/t5-,7-,8-,12-/m1/s1. The lowest BCUT2D eigenvalue weighted by Gasteiger charge is -2.17. The number of nitrogens with two attached hydrogens (primary N) is 1. The van der Waals surface area contributed by atoms with Crippen molar-refractivity contribution in [2.24, 2.45) is 5.73 Å². The van der Waals surface area contributed by atoms with Crippen molar-refractivity contribution in [1.29, 1.82) is 0 Å². The Hall–Kier alpha value is -2.02. The van der Waals surface area contributed by atoms with Crippen molar-refractivity contribution in [1.82, 2.24) is 14.5 Å². The number of fused-ring (bicyclic) bond motifs is 1. The van der Waals surface area contributed by atoms with E-state index >= 15 is 0 Å². The summed E-state index contributed by atoms with van der Waals surface area (Å²) >= 11 is 5.16. The van der Waals surface area contributed by atoms with Crippen molar-refractivity contribution < 1.29 is 29.2 Å². The number of ether oxygens (including phenoxy) is 1. The third-order valence-corrected chi connectivity index (χ3v) is 3.88. The number of hydrogen-bond donors (Lipinski definition) is 5. The highest BCUT2D eigenvalue weighted by molar-refractivity contribution is 6.10. The third-order valence-electron chi connectivity index (χ3n) is 3.80. The van der Waals surface area contributed by atoms with E-state index in [2.05, 4.69) is 19.8 Å². The number of hydrogen-bond acceptors (Lipinski definition) is 9. The number of carbonyl (C=O) groups excluding carboxylic acids is 1. The molecule has 11 nitrogen and oxygen atoms in total. The monoisotopic (exact) mass is 359 g/mol. The SMILES string of the molecule is NC(=O)c1cn([C@@H]2O[C@H](CO)[C@@H](O)[C@H]2O)c2ncnc(NOCl)c12. The first-order valence-corrected chi connectivity index (χ1v) is 7.11. The Kier molecular flexibility index (Phi) is 4.54. The number of primary amides is 1. The third kappa shape index (κ3) is 2.56. The van der Waals surface area contributed by atoms with E-state index in [1.165, 1.54) is 17.1 Å². The van der Waals surface area contributed by atoms with Crippen LogP contribution in [0.4, 0.5) is 5.82 Å². The van der Waals surface area contributed by atoms with E-state index in [1.807, 2.05) is 0 Å². The zero-order chi connectivity index (χ0) is 17.4. The molecule has 3 heterocycles. The summed E-state index contributed by atoms with van der Waals surface area (Å²) in [6, 6.07) is 0. The molecule has 0 bridgehead atoms. The molecule has 4 atom stereocenters. The summed E-state index contributed by atoms with van der Waals surface area (Å²) in [7, 11) is 0. The number of rotatable bonds is 5. The number of carbonyl (C=O) groups is 1. The Balaban J connectivity index is 2.16. The number of aliphatic hydroxyl groups is 3. The van der Waals surface area contributed by atoms with Crippen LogP contribution in [-0.2, 0) is 9.13 Å². The molecular formula is C12H14ClN5O6. The van der Waals surface area contributed by atoms with Crippen molar-refractivity contribution in [3.63, 3.8) is 0 Å². The summed E-state index contributed by atoms with van der Waals surface area (Å²) in [6.07, 6.45) is -2.25. The van der Waals surface area contributed by atoms with Gasteiger partial charge in [-0.1, -0.05) is 0 Å². The highest BCUT2D eigenvalue weighted by Crippen LogP contribution is 2.34. The molecule has 1 aliphatic rings. The van der Waals surface area contributed by atoms with Gasteiger partial charge in [0.15, 0.2) is 12.0 Å². The number of nitrogens with zero attached hydrogens (tertiary/aromatic N) is 3. The van der Waals surface area contributed by atoms with Crippen LogP contribution < -0.4 is 11.2 Å². The van der Waals surface area contributed by atoms with Gasteiger partial charge >= 0.3 is 0 Å². The van der Waals surface area contributed by atoms with Gasteiger partial charge in [-0.05, 0) is 0 Å². The van der Waals surface area contributed by atoms with E-state index in [1.54, 1.807) is 0 Å². The molecule has 0 unspecified atom stereocenters. The van der Waals surface area contributed by atoms with Gasteiger partial charge in [0.2, 0.25) is 0 Å². The Morgan fingerprint density at radius 3 is 2.79 bits per heavy atom. The number of aromatic nitrogens is 3. The molecule has 1 fully saturated rings. The summed E-state index contributed by atoms with van der Waals surface area (Å²) in [5.74, 6) is -0.702. The maximum atomic E-state index is 11.7. The van der Waals surface area contributed by atoms with Crippen LogP contribution in [0.25, 0.3) is 11.0 Å². The van der Waals surface area contributed by atoms with Gasteiger partial charge in [0.05, 0.1) is 29.4 Å². The van der Waals surface area contributed by atoms with Crippen LogP contribution >= 0.6 is 11.9 Å². The van der Waals surface area contributed by atoms with E-state index in [0.29, 0.717) is 0 Å². The minimum absolute atomic E-state index is 0.0274. The Labute approximate surface area is 139 Å². The Morgan fingerprint density at radius 2 is 2.21 bits per heavy atom. The second-order valence-electron chi connectivity index (χ2n) is 5.14. The number of halogens is 1. The summed E-state index contributed by atoms with van der Waals surface area (Å²) < 4.78 is 11.1. The first-order chi connectivity index (χ1) is 11.5. The van der Waals surface area contributed by atoms with Crippen molar-refractivity contribution >= 4 is 34.6 Å². The summed E-state index contributed by atoms with van der Waals surface area (Å²) in [6.45, 7) is -0.488. The molecule has 0 spiro atoms. The lowest BCUT2D eigenvalue weighted by Crippen LogP contribution is -2.33. The van der Waals surface area contributed by atoms with E-state index in [0.717, 1.165) is 0 Å². The molecule has 0 saturated carbocycles. The highest BCUT2D eigenvalue weighted by atomic mass is 35.5. The van der Waals surface area contributed by atoms with Crippen molar-refractivity contribution in [2.75, 3.05) is 12.1 Å². The largest absolute Gasteiger partial charge is 0.394 e. The van der Waals surface area contributed by atoms with Crippen molar-refractivity contribution in [3.05, 3.63) is 18.1 Å². The molecule has 0 aliphatic carbocycles. The molecule has 3 rings (SSSR count). The van der Waals surface area contributed by atoms with Gasteiger partial charge in [-0.2, -0.15) is 4.39 Å². The van der Waals surface area contributed by atoms with E-state index in [4.69, 9.17) is 22.3 Å².